The average molecular weight is 434 g/mol. The number of rotatable bonds is 10. The van der Waals surface area contributed by atoms with Gasteiger partial charge in [0.15, 0.2) is 0 Å². The molecule has 1 saturated heterocycles. The third kappa shape index (κ3) is 5.22. The minimum absolute atomic E-state index is 0.158. The van der Waals surface area contributed by atoms with Crippen molar-refractivity contribution in [2.75, 3.05) is 5.75 Å². The van der Waals surface area contributed by atoms with Crippen LogP contribution in [-0.2, 0) is 4.79 Å². The monoisotopic (exact) mass is 433 g/mol. The fraction of sp³-hybridized carbons (Fsp3) is 0.640. The molecule has 1 aromatic rings. The lowest BCUT2D eigenvalue weighted by molar-refractivity contribution is -0.152. The van der Waals surface area contributed by atoms with E-state index in [9.17, 15) is 4.79 Å². The molecule has 1 amide bonds. The first kappa shape index (κ1) is 22.7. The molecule has 2 nitrogen and oxygen atoms in total. The number of thioether (sulfide) groups is 1. The van der Waals surface area contributed by atoms with Crippen LogP contribution < -0.4 is 0 Å². The number of piperidine rings is 1. The van der Waals surface area contributed by atoms with E-state index in [2.05, 4.69) is 56.1 Å². The molecule has 1 aromatic carbocycles. The van der Waals surface area contributed by atoms with Gasteiger partial charge in [0.05, 0.1) is 11.5 Å². The Labute approximate surface area is 186 Å². The Bertz CT molecular complexity index is 697. The minimum atomic E-state index is -0.322. The summed E-state index contributed by atoms with van der Waals surface area (Å²) in [5.41, 5.74) is 0.902. The van der Waals surface area contributed by atoms with Crippen LogP contribution in [0.4, 0.5) is 0 Å². The number of hydrogen-bond acceptors (Lipinski definition) is 2. The Morgan fingerprint density at radius 3 is 2.45 bits per heavy atom. The van der Waals surface area contributed by atoms with Gasteiger partial charge in [-0.05, 0) is 68.6 Å². The summed E-state index contributed by atoms with van der Waals surface area (Å²) in [5, 5.41) is 1.44. The molecule has 0 spiro atoms. The molecule has 1 saturated carbocycles. The molecule has 1 aliphatic carbocycles. The molecule has 29 heavy (non-hydrogen) atoms. The molecule has 2 aliphatic rings. The highest BCUT2D eigenvalue weighted by Gasteiger charge is 2.49. The van der Waals surface area contributed by atoms with E-state index in [-0.39, 0.29) is 11.5 Å². The van der Waals surface area contributed by atoms with E-state index in [0.717, 1.165) is 30.0 Å². The molecule has 3 rings (SSSR count). The molecule has 3 unspecified atom stereocenters. The van der Waals surface area contributed by atoms with Gasteiger partial charge in [0.2, 0.25) is 5.91 Å². The van der Waals surface area contributed by atoms with Crippen molar-refractivity contribution in [2.24, 2.45) is 11.3 Å². The largest absolute Gasteiger partial charge is 0.331 e. The topological polar surface area (TPSA) is 20.3 Å². The van der Waals surface area contributed by atoms with Gasteiger partial charge < -0.3 is 4.90 Å². The van der Waals surface area contributed by atoms with E-state index < -0.39 is 0 Å². The second-order valence-electron chi connectivity index (χ2n) is 9.05. The van der Waals surface area contributed by atoms with Gasteiger partial charge in [-0.25, -0.2) is 0 Å². The molecule has 1 aliphatic heterocycles. The van der Waals surface area contributed by atoms with E-state index in [1.165, 1.54) is 31.2 Å². The quantitative estimate of drug-likeness (QED) is 0.361. The van der Waals surface area contributed by atoms with Crippen LogP contribution in [0.2, 0.25) is 5.02 Å². The number of amides is 1. The lowest BCUT2D eigenvalue weighted by Crippen LogP contribution is -2.54. The summed E-state index contributed by atoms with van der Waals surface area (Å²) in [7, 11) is 0. The first-order valence-corrected chi connectivity index (χ1v) is 12.7. The molecule has 160 valence electrons. The van der Waals surface area contributed by atoms with Crippen molar-refractivity contribution in [1.29, 1.82) is 0 Å². The van der Waals surface area contributed by atoms with Crippen LogP contribution >= 0.6 is 23.4 Å². The van der Waals surface area contributed by atoms with Crippen molar-refractivity contribution in [3.05, 3.63) is 47.5 Å². The molecule has 3 atom stereocenters. The Morgan fingerprint density at radius 1 is 1.24 bits per heavy atom. The smallest absolute Gasteiger partial charge is 0.229 e. The maximum absolute atomic E-state index is 13.9. The van der Waals surface area contributed by atoms with Gasteiger partial charge in [0, 0.05) is 22.1 Å². The number of benzene rings is 1. The first-order valence-electron chi connectivity index (χ1n) is 11.2. The lowest BCUT2D eigenvalue weighted by Gasteiger charge is -2.48. The van der Waals surface area contributed by atoms with Crippen molar-refractivity contribution in [2.45, 2.75) is 83.1 Å². The SMILES string of the molecule is C=CCC1(C)CCC(c2ccc(Cl)cc2)N(C(CSC(CC)CC)C2CC2)C1=O. The fourth-order valence-corrected chi connectivity index (χ4v) is 6.24. The standard InChI is InChI=1S/C25H36ClNOS/c1-5-15-25(4)16-14-22(18-10-12-20(26)13-11-18)27(24(25)28)23(19-8-9-19)17-29-21(6-2)7-3/h5,10-13,19,21-23H,1,6-9,14-17H2,2-4H3. The van der Waals surface area contributed by atoms with E-state index in [4.69, 9.17) is 11.6 Å². The average Bonchev–Trinajstić information content (AvgIpc) is 3.55. The highest BCUT2D eigenvalue weighted by Crippen LogP contribution is 2.48. The van der Waals surface area contributed by atoms with Crippen molar-refractivity contribution in [1.82, 2.24) is 4.90 Å². The maximum Gasteiger partial charge on any atom is 0.229 e. The third-order valence-electron chi connectivity index (χ3n) is 6.84. The van der Waals surface area contributed by atoms with Crippen molar-refractivity contribution in [3.8, 4) is 0 Å². The zero-order valence-corrected chi connectivity index (χ0v) is 19.8. The number of carbonyl (C=O) groups is 1. The Morgan fingerprint density at radius 2 is 1.90 bits per heavy atom. The number of hydrogen-bond donors (Lipinski definition) is 0. The number of likely N-dealkylation sites (tertiary alicyclic amines) is 1. The minimum Gasteiger partial charge on any atom is -0.331 e. The molecular weight excluding hydrogens is 398 g/mol. The lowest BCUT2D eigenvalue weighted by atomic mass is 9.74. The molecule has 1 heterocycles. The number of carbonyl (C=O) groups excluding carboxylic acids is 1. The molecule has 0 bridgehead atoms. The predicted molar refractivity (Wildman–Crippen MR) is 127 cm³/mol. The van der Waals surface area contributed by atoms with Crippen LogP contribution in [0.25, 0.3) is 0 Å². The Kier molecular flexibility index (Phi) is 7.78. The van der Waals surface area contributed by atoms with Gasteiger partial charge in [-0.1, -0.05) is 50.6 Å². The molecular formula is C25H36ClNOS. The van der Waals surface area contributed by atoms with E-state index in [1.54, 1.807) is 0 Å². The van der Waals surface area contributed by atoms with Crippen LogP contribution in [0.1, 0.15) is 77.3 Å². The maximum atomic E-state index is 13.9. The van der Waals surface area contributed by atoms with Gasteiger partial charge >= 0.3 is 0 Å². The Hall–Kier alpha value is -0.930. The zero-order chi connectivity index (χ0) is 21.0. The summed E-state index contributed by atoms with van der Waals surface area (Å²) in [6.45, 7) is 10.6. The second kappa shape index (κ2) is 9.92. The van der Waals surface area contributed by atoms with Crippen LogP contribution in [0.5, 0.6) is 0 Å². The highest BCUT2D eigenvalue weighted by molar-refractivity contribution is 7.99. The van der Waals surface area contributed by atoms with Crippen molar-refractivity contribution in [3.63, 3.8) is 0 Å². The molecule has 0 N–H and O–H groups in total. The van der Waals surface area contributed by atoms with Crippen molar-refractivity contribution >= 4 is 29.3 Å². The summed E-state index contributed by atoms with van der Waals surface area (Å²) in [4.78, 5) is 16.2. The van der Waals surface area contributed by atoms with Gasteiger partial charge in [-0.15, -0.1) is 6.58 Å². The zero-order valence-electron chi connectivity index (χ0n) is 18.2. The summed E-state index contributed by atoms with van der Waals surface area (Å²) in [5.74, 6) is 2.03. The highest BCUT2D eigenvalue weighted by atomic mass is 35.5. The van der Waals surface area contributed by atoms with Gasteiger partial charge in [0.25, 0.3) is 0 Å². The summed E-state index contributed by atoms with van der Waals surface area (Å²) >= 11 is 8.22. The number of nitrogens with zero attached hydrogens (tertiary/aromatic N) is 1. The number of allylic oxidation sites excluding steroid dienone is 1. The van der Waals surface area contributed by atoms with Crippen molar-refractivity contribution < 1.29 is 4.79 Å². The third-order valence-corrected chi connectivity index (χ3v) is 8.77. The van der Waals surface area contributed by atoms with E-state index >= 15 is 0 Å². The summed E-state index contributed by atoms with van der Waals surface area (Å²) in [6, 6.07) is 8.64. The molecule has 0 radical (unpaired) electrons. The second-order valence-corrected chi connectivity index (χ2v) is 10.8. The fourth-order valence-electron chi connectivity index (χ4n) is 4.74. The summed E-state index contributed by atoms with van der Waals surface area (Å²) < 4.78 is 0. The van der Waals surface area contributed by atoms with Crippen LogP contribution in [0.3, 0.4) is 0 Å². The van der Waals surface area contributed by atoms with Crippen LogP contribution in [0.15, 0.2) is 36.9 Å². The number of halogens is 1. The van der Waals surface area contributed by atoms with E-state index in [1.807, 2.05) is 18.2 Å². The van der Waals surface area contributed by atoms with Gasteiger partial charge in [-0.2, -0.15) is 11.8 Å². The van der Waals surface area contributed by atoms with Gasteiger partial charge in [-0.3, -0.25) is 4.79 Å². The van der Waals surface area contributed by atoms with Crippen LogP contribution in [0, 0.1) is 11.3 Å². The normalized spacial score (nSPS) is 26.0. The van der Waals surface area contributed by atoms with E-state index in [0.29, 0.717) is 23.1 Å². The molecule has 4 heteroatoms. The first-order chi connectivity index (χ1) is 13.9. The van der Waals surface area contributed by atoms with Gasteiger partial charge in [0.1, 0.15) is 0 Å². The van der Waals surface area contributed by atoms with Crippen LogP contribution in [-0.4, -0.2) is 27.9 Å². The molecule has 0 aromatic heterocycles. The summed E-state index contributed by atoms with van der Waals surface area (Å²) in [6.07, 6.45) is 9.50. The Balaban J connectivity index is 1.92. The predicted octanol–water partition coefficient (Wildman–Crippen LogP) is 7.29. The molecule has 2 fully saturated rings.